The molecule has 3 rings (SSSR count). The first-order chi connectivity index (χ1) is 11.6. The third-order valence-electron chi connectivity index (χ3n) is 3.86. The lowest BCUT2D eigenvalue weighted by molar-refractivity contribution is 0.0526. The van der Waals surface area contributed by atoms with Gasteiger partial charge in [-0.1, -0.05) is 77.8 Å². The lowest BCUT2D eigenvalue weighted by atomic mass is 10.0. The molecule has 0 fully saturated rings. The number of ether oxygens (including phenoxy) is 1. The zero-order valence-corrected chi connectivity index (χ0v) is 14.8. The van der Waals surface area contributed by atoms with Gasteiger partial charge in [0.05, 0.1) is 22.8 Å². The zero-order chi connectivity index (χ0) is 16.9. The maximum atomic E-state index is 6.17. The summed E-state index contributed by atoms with van der Waals surface area (Å²) in [4.78, 5) is 3.96. The SMILES string of the molecule is CC(OCc1ccc(-c2ccccc2)cc1)c1c(Cl)cncc1Cl. The monoisotopic (exact) mass is 357 g/mol. The van der Waals surface area contributed by atoms with E-state index in [1.807, 2.05) is 25.1 Å². The highest BCUT2D eigenvalue weighted by Crippen LogP contribution is 2.31. The van der Waals surface area contributed by atoms with Crippen LogP contribution in [0.25, 0.3) is 11.1 Å². The van der Waals surface area contributed by atoms with Crippen LogP contribution in [0.3, 0.4) is 0 Å². The number of aromatic nitrogens is 1. The molecular weight excluding hydrogens is 341 g/mol. The number of hydrogen-bond acceptors (Lipinski definition) is 2. The van der Waals surface area contributed by atoms with Crippen LogP contribution in [-0.4, -0.2) is 4.98 Å². The van der Waals surface area contributed by atoms with E-state index in [0.29, 0.717) is 16.7 Å². The molecule has 0 aliphatic rings. The number of pyridine rings is 1. The van der Waals surface area contributed by atoms with Crippen LogP contribution in [0.15, 0.2) is 67.0 Å². The van der Waals surface area contributed by atoms with E-state index < -0.39 is 0 Å². The van der Waals surface area contributed by atoms with Gasteiger partial charge in [0.2, 0.25) is 0 Å². The average molecular weight is 358 g/mol. The first kappa shape index (κ1) is 17.0. The summed E-state index contributed by atoms with van der Waals surface area (Å²) < 4.78 is 5.92. The number of nitrogens with zero attached hydrogens (tertiary/aromatic N) is 1. The standard InChI is InChI=1S/C20H17Cl2NO/c1-14(20-18(21)11-23-12-19(20)22)24-13-15-7-9-17(10-8-15)16-5-3-2-4-6-16/h2-12,14H,13H2,1H3. The maximum absolute atomic E-state index is 6.17. The van der Waals surface area contributed by atoms with Crippen LogP contribution < -0.4 is 0 Å². The van der Waals surface area contributed by atoms with Crippen molar-refractivity contribution >= 4 is 23.2 Å². The molecule has 4 heteroatoms. The highest BCUT2D eigenvalue weighted by molar-refractivity contribution is 6.35. The number of rotatable bonds is 5. The van der Waals surface area contributed by atoms with Crippen molar-refractivity contribution in [2.24, 2.45) is 0 Å². The van der Waals surface area contributed by atoms with Gasteiger partial charge >= 0.3 is 0 Å². The van der Waals surface area contributed by atoms with Gasteiger partial charge < -0.3 is 4.74 Å². The third-order valence-corrected chi connectivity index (χ3v) is 4.46. The van der Waals surface area contributed by atoms with E-state index in [4.69, 9.17) is 27.9 Å². The molecule has 1 atom stereocenters. The topological polar surface area (TPSA) is 22.1 Å². The summed E-state index contributed by atoms with van der Waals surface area (Å²) >= 11 is 12.3. The van der Waals surface area contributed by atoms with Gasteiger partial charge in [0.15, 0.2) is 0 Å². The molecule has 1 aromatic heterocycles. The van der Waals surface area contributed by atoms with Gasteiger partial charge in [-0.2, -0.15) is 0 Å². The Labute approximate surface area is 152 Å². The minimum absolute atomic E-state index is 0.207. The Morgan fingerprint density at radius 3 is 2.08 bits per heavy atom. The van der Waals surface area contributed by atoms with Crippen molar-refractivity contribution in [3.63, 3.8) is 0 Å². The zero-order valence-electron chi connectivity index (χ0n) is 13.2. The molecule has 3 aromatic rings. The molecule has 0 aliphatic heterocycles. The van der Waals surface area contributed by atoms with E-state index >= 15 is 0 Å². The summed E-state index contributed by atoms with van der Waals surface area (Å²) in [5.41, 5.74) is 4.26. The Morgan fingerprint density at radius 2 is 1.46 bits per heavy atom. The second-order valence-electron chi connectivity index (χ2n) is 5.53. The van der Waals surface area contributed by atoms with E-state index in [1.165, 1.54) is 11.1 Å². The molecule has 0 saturated carbocycles. The van der Waals surface area contributed by atoms with E-state index in [-0.39, 0.29) is 6.10 Å². The number of benzene rings is 2. The molecular formula is C20H17Cl2NO. The summed E-state index contributed by atoms with van der Waals surface area (Å²) in [5, 5.41) is 1.05. The van der Waals surface area contributed by atoms with Gasteiger partial charge in [0, 0.05) is 18.0 Å². The van der Waals surface area contributed by atoms with Gasteiger partial charge in [-0.3, -0.25) is 4.98 Å². The lowest BCUT2D eigenvalue weighted by Crippen LogP contribution is -2.02. The first-order valence-corrected chi connectivity index (χ1v) is 8.45. The largest absolute Gasteiger partial charge is 0.369 e. The summed E-state index contributed by atoms with van der Waals surface area (Å²) in [5.74, 6) is 0. The minimum Gasteiger partial charge on any atom is -0.369 e. The lowest BCUT2D eigenvalue weighted by Gasteiger charge is -2.16. The molecule has 1 unspecified atom stereocenters. The molecule has 2 nitrogen and oxygen atoms in total. The Kier molecular flexibility index (Phi) is 5.52. The molecule has 1 heterocycles. The van der Waals surface area contributed by atoms with Crippen LogP contribution in [0.2, 0.25) is 10.0 Å². The number of halogens is 2. The van der Waals surface area contributed by atoms with Gasteiger partial charge in [-0.25, -0.2) is 0 Å². The smallest absolute Gasteiger partial charge is 0.0831 e. The van der Waals surface area contributed by atoms with Crippen LogP contribution >= 0.6 is 23.2 Å². The molecule has 0 spiro atoms. The second-order valence-corrected chi connectivity index (χ2v) is 6.35. The molecule has 0 amide bonds. The molecule has 122 valence electrons. The summed E-state index contributed by atoms with van der Waals surface area (Å²) in [7, 11) is 0. The van der Waals surface area contributed by atoms with E-state index in [2.05, 4.69) is 41.4 Å². The predicted octanol–water partition coefficient (Wildman–Crippen LogP) is 6.33. The normalized spacial score (nSPS) is 12.1. The fourth-order valence-electron chi connectivity index (χ4n) is 2.54. The molecule has 24 heavy (non-hydrogen) atoms. The first-order valence-electron chi connectivity index (χ1n) is 7.70. The van der Waals surface area contributed by atoms with Crippen LogP contribution in [0.1, 0.15) is 24.2 Å². The Morgan fingerprint density at radius 1 is 0.875 bits per heavy atom. The number of hydrogen-bond donors (Lipinski definition) is 0. The van der Waals surface area contributed by atoms with Crippen molar-refractivity contribution in [2.45, 2.75) is 19.6 Å². The molecule has 0 saturated heterocycles. The molecule has 0 radical (unpaired) electrons. The molecule has 2 aromatic carbocycles. The van der Waals surface area contributed by atoms with E-state index in [0.717, 1.165) is 11.1 Å². The Bertz CT molecular complexity index is 783. The van der Waals surface area contributed by atoms with Crippen molar-refractivity contribution < 1.29 is 4.74 Å². The van der Waals surface area contributed by atoms with Gasteiger partial charge in [0.1, 0.15) is 0 Å². The highest BCUT2D eigenvalue weighted by Gasteiger charge is 2.14. The van der Waals surface area contributed by atoms with Gasteiger partial charge in [-0.05, 0) is 23.6 Å². The molecule has 0 bridgehead atoms. The quantitative estimate of drug-likeness (QED) is 0.531. The third kappa shape index (κ3) is 3.96. The molecule has 0 N–H and O–H groups in total. The van der Waals surface area contributed by atoms with Crippen LogP contribution in [0.5, 0.6) is 0 Å². The van der Waals surface area contributed by atoms with Crippen LogP contribution in [-0.2, 0) is 11.3 Å². The fourth-order valence-corrected chi connectivity index (χ4v) is 3.21. The van der Waals surface area contributed by atoms with Crippen molar-refractivity contribution in [1.82, 2.24) is 4.98 Å². The second kappa shape index (κ2) is 7.80. The van der Waals surface area contributed by atoms with E-state index in [1.54, 1.807) is 12.4 Å². The fraction of sp³-hybridized carbons (Fsp3) is 0.150. The van der Waals surface area contributed by atoms with Crippen LogP contribution in [0.4, 0.5) is 0 Å². The Balaban J connectivity index is 1.67. The molecule has 0 aliphatic carbocycles. The summed E-state index contributed by atoms with van der Waals surface area (Å²) in [6.45, 7) is 2.43. The van der Waals surface area contributed by atoms with Crippen LogP contribution in [0, 0.1) is 0 Å². The highest BCUT2D eigenvalue weighted by atomic mass is 35.5. The minimum atomic E-state index is -0.207. The maximum Gasteiger partial charge on any atom is 0.0831 e. The average Bonchev–Trinajstić information content (AvgIpc) is 2.61. The Hall–Kier alpha value is -1.87. The van der Waals surface area contributed by atoms with E-state index in [9.17, 15) is 0 Å². The van der Waals surface area contributed by atoms with Gasteiger partial charge in [-0.15, -0.1) is 0 Å². The van der Waals surface area contributed by atoms with Gasteiger partial charge in [0.25, 0.3) is 0 Å². The summed E-state index contributed by atoms with van der Waals surface area (Å²) in [6.07, 6.45) is 2.95. The van der Waals surface area contributed by atoms with Crippen molar-refractivity contribution in [3.05, 3.63) is 88.2 Å². The van der Waals surface area contributed by atoms with Crippen molar-refractivity contribution in [3.8, 4) is 11.1 Å². The summed E-state index contributed by atoms with van der Waals surface area (Å²) in [6, 6.07) is 18.6. The van der Waals surface area contributed by atoms with Crippen molar-refractivity contribution in [2.75, 3.05) is 0 Å². The predicted molar refractivity (Wildman–Crippen MR) is 99.3 cm³/mol. The van der Waals surface area contributed by atoms with Crippen molar-refractivity contribution in [1.29, 1.82) is 0 Å².